The number of pyridine rings is 1. The summed E-state index contributed by atoms with van der Waals surface area (Å²) in [7, 11) is 0. The van der Waals surface area contributed by atoms with Gasteiger partial charge >= 0.3 is 0 Å². The van der Waals surface area contributed by atoms with E-state index in [1.807, 2.05) is 42.4 Å². The molecular weight excluding hydrogens is 376 g/mol. The summed E-state index contributed by atoms with van der Waals surface area (Å²) in [6.45, 7) is 11.9. The van der Waals surface area contributed by atoms with E-state index in [1.54, 1.807) is 0 Å². The van der Waals surface area contributed by atoms with Crippen molar-refractivity contribution >= 4 is 17.4 Å². The monoisotopic (exact) mass is 408 g/mol. The molecule has 2 aromatic rings. The van der Waals surface area contributed by atoms with Crippen LogP contribution in [0.25, 0.3) is 0 Å². The standard InChI is InChI=1S/C24H32N4O2/c1-17-8-9-21(25-16-17)28-14-15-30-22-19(6-5-7-20(22)28)23(29)26-27-12-10-18(11-13-27)24(2,3)4/h5-9,16,18H,10-15H2,1-4H3,(H,26,29). The largest absolute Gasteiger partial charge is 0.489 e. The topological polar surface area (TPSA) is 57.7 Å². The highest BCUT2D eigenvalue weighted by Crippen LogP contribution is 2.38. The van der Waals surface area contributed by atoms with Crippen LogP contribution in [0, 0.1) is 18.3 Å². The third kappa shape index (κ3) is 4.29. The number of para-hydroxylation sites is 1. The molecule has 6 nitrogen and oxygen atoms in total. The number of benzene rings is 1. The molecule has 0 radical (unpaired) electrons. The average molecular weight is 409 g/mol. The van der Waals surface area contributed by atoms with E-state index < -0.39 is 0 Å². The fourth-order valence-corrected chi connectivity index (χ4v) is 4.35. The third-order valence-corrected chi connectivity index (χ3v) is 6.24. The molecule has 2 aliphatic heterocycles. The lowest BCUT2D eigenvalue weighted by molar-refractivity contribution is 0.0573. The van der Waals surface area contributed by atoms with Crippen LogP contribution in [0.1, 0.15) is 49.5 Å². The number of hydrogen-bond acceptors (Lipinski definition) is 5. The number of carbonyl (C=O) groups excluding carboxylic acids is 1. The number of aryl methyl sites for hydroxylation is 1. The maximum Gasteiger partial charge on any atom is 0.269 e. The fourth-order valence-electron chi connectivity index (χ4n) is 4.35. The highest BCUT2D eigenvalue weighted by atomic mass is 16.5. The first-order chi connectivity index (χ1) is 14.3. The van der Waals surface area contributed by atoms with Gasteiger partial charge < -0.3 is 9.64 Å². The first-order valence-electron chi connectivity index (χ1n) is 10.8. The van der Waals surface area contributed by atoms with Gasteiger partial charge in [0, 0.05) is 19.3 Å². The minimum absolute atomic E-state index is 0.111. The molecule has 0 saturated carbocycles. The van der Waals surface area contributed by atoms with Crippen LogP contribution in [-0.4, -0.2) is 42.1 Å². The molecule has 3 heterocycles. The zero-order chi connectivity index (χ0) is 21.3. The number of nitrogens with one attached hydrogen (secondary N) is 1. The van der Waals surface area contributed by atoms with Crippen LogP contribution in [0.2, 0.25) is 0 Å². The third-order valence-electron chi connectivity index (χ3n) is 6.24. The zero-order valence-corrected chi connectivity index (χ0v) is 18.4. The number of hydrazine groups is 1. The van der Waals surface area contributed by atoms with Crippen LogP contribution in [0.4, 0.5) is 11.5 Å². The van der Waals surface area contributed by atoms with Crippen molar-refractivity contribution in [3.63, 3.8) is 0 Å². The van der Waals surface area contributed by atoms with Crippen molar-refractivity contribution in [1.29, 1.82) is 0 Å². The minimum Gasteiger partial charge on any atom is -0.489 e. The SMILES string of the molecule is Cc1ccc(N2CCOc3c(C(=O)NN4CCC(C(C)(C)C)CC4)cccc32)nc1. The van der Waals surface area contributed by atoms with Gasteiger partial charge in [-0.05, 0) is 54.9 Å². The summed E-state index contributed by atoms with van der Waals surface area (Å²) in [5.74, 6) is 2.08. The van der Waals surface area contributed by atoms with Crippen molar-refractivity contribution in [3.05, 3.63) is 47.7 Å². The number of fused-ring (bicyclic) bond motifs is 1. The van der Waals surface area contributed by atoms with Gasteiger partial charge in [-0.2, -0.15) is 0 Å². The van der Waals surface area contributed by atoms with Gasteiger partial charge in [-0.25, -0.2) is 9.99 Å². The highest BCUT2D eigenvalue weighted by Gasteiger charge is 2.30. The number of aromatic nitrogens is 1. The van der Waals surface area contributed by atoms with E-state index in [0.29, 0.717) is 35.8 Å². The number of nitrogens with zero attached hydrogens (tertiary/aromatic N) is 3. The quantitative estimate of drug-likeness (QED) is 0.820. The summed E-state index contributed by atoms with van der Waals surface area (Å²) >= 11 is 0. The molecule has 0 atom stereocenters. The van der Waals surface area contributed by atoms with Crippen molar-refractivity contribution < 1.29 is 9.53 Å². The van der Waals surface area contributed by atoms with Gasteiger partial charge in [-0.1, -0.05) is 32.9 Å². The van der Waals surface area contributed by atoms with Crippen molar-refractivity contribution in [1.82, 2.24) is 15.4 Å². The van der Waals surface area contributed by atoms with Gasteiger partial charge in [-0.15, -0.1) is 0 Å². The van der Waals surface area contributed by atoms with Crippen LogP contribution in [0.3, 0.4) is 0 Å². The Labute approximate surface area is 179 Å². The van der Waals surface area contributed by atoms with Gasteiger partial charge in [0.2, 0.25) is 0 Å². The molecule has 6 heteroatoms. The second kappa shape index (κ2) is 8.26. The maximum absolute atomic E-state index is 13.1. The number of anilines is 2. The molecule has 0 spiro atoms. The lowest BCUT2D eigenvalue weighted by atomic mass is 9.75. The fraction of sp³-hybridized carbons (Fsp3) is 0.500. The molecule has 1 saturated heterocycles. The van der Waals surface area contributed by atoms with Crippen LogP contribution >= 0.6 is 0 Å². The normalized spacial score (nSPS) is 17.9. The molecule has 2 aliphatic rings. The van der Waals surface area contributed by atoms with Crippen molar-refractivity contribution in [2.45, 2.75) is 40.5 Å². The van der Waals surface area contributed by atoms with Crippen molar-refractivity contribution in [2.24, 2.45) is 11.3 Å². The Bertz CT molecular complexity index is 896. The molecule has 1 fully saturated rings. The predicted molar refractivity (Wildman–Crippen MR) is 119 cm³/mol. The molecule has 0 aliphatic carbocycles. The number of amides is 1. The smallest absolute Gasteiger partial charge is 0.269 e. The summed E-state index contributed by atoms with van der Waals surface area (Å²) in [5.41, 5.74) is 5.99. The molecule has 1 N–H and O–H groups in total. The van der Waals surface area contributed by atoms with E-state index in [2.05, 4.69) is 42.1 Å². The number of rotatable bonds is 3. The molecule has 1 amide bonds. The first-order valence-corrected chi connectivity index (χ1v) is 10.8. The number of hydrogen-bond donors (Lipinski definition) is 1. The Balaban J connectivity index is 1.50. The summed E-state index contributed by atoms with van der Waals surface area (Å²) in [4.78, 5) is 19.8. The van der Waals surface area contributed by atoms with Crippen molar-refractivity contribution in [3.8, 4) is 5.75 Å². The second-order valence-corrected chi connectivity index (χ2v) is 9.42. The van der Waals surface area contributed by atoms with E-state index in [0.717, 1.165) is 43.0 Å². The van der Waals surface area contributed by atoms with E-state index in [4.69, 9.17) is 4.74 Å². The predicted octanol–water partition coefficient (Wildman–Crippen LogP) is 4.32. The molecular formula is C24H32N4O2. The van der Waals surface area contributed by atoms with Crippen LogP contribution in [-0.2, 0) is 0 Å². The Morgan fingerprint density at radius 3 is 2.57 bits per heavy atom. The van der Waals surface area contributed by atoms with Gasteiger partial charge in [-0.3, -0.25) is 10.2 Å². The first kappa shape index (κ1) is 20.7. The molecule has 0 bridgehead atoms. The van der Waals surface area contributed by atoms with E-state index >= 15 is 0 Å². The molecule has 4 rings (SSSR count). The Morgan fingerprint density at radius 2 is 1.90 bits per heavy atom. The zero-order valence-electron chi connectivity index (χ0n) is 18.4. The van der Waals surface area contributed by atoms with Crippen LogP contribution in [0.5, 0.6) is 5.75 Å². The Kier molecular flexibility index (Phi) is 5.69. The second-order valence-electron chi connectivity index (χ2n) is 9.42. The van der Waals surface area contributed by atoms with Gasteiger partial charge in [0.25, 0.3) is 5.91 Å². The summed E-state index contributed by atoms with van der Waals surface area (Å²) in [6, 6.07) is 9.80. The van der Waals surface area contributed by atoms with Gasteiger partial charge in [0.05, 0.1) is 17.8 Å². The summed E-state index contributed by atoms with van der Waals surface area (Å²) < 4.78 is 5.95. The lowest BCUT2D eigenvalue weighted by Gasteiger charge is -2.38. The van der Waals surface area contributed by atoms with Crippen LogP contribution < -0.4 is 15.1 Å². The highest BCUT2D eigenvalue weighted by molar-refractivity contribution is 5.99. The number of ether oxygens (including phenoxy) is 1. The van der Waals surface area contributed by atoms with Crippen molar-refractivity contribution in [2.75, 3.05) is 31.1 Å². The number of carbonyl (C=O) groups is 1. The molecule has 30 heavy (non-hydrogen) atoms. The lowest BCUT2D eigenvalue weighted by Crippen LogP contribution is -2.48. The summed E-state index contributed by atoms with van der Waals surface area (Å²) in [5, 5.41) is 2.05. The molecule has 1 aromatic carbocycles. The molecule has 1 aromatic heterocycles. The Morgan fingerprint density at radius 1 is 1.13 bits per heavy atom. The van der Waals surface area contributed by atoms with E-state index in [1.165, 1.54) is 0 Å². The number of piperidine rings is 1. The van der Waals surface area contributed by atoms with Crippen LogP contribution in [0.15, 0.2) is 36.5 Å². The van der Waals surface area contributed by atoms with E-state index in [9.17, 15) is 4.79 Å². The van der Waals surface area contributed by atoms with Gasteiger partial charge in [0.15, 0.2) is 5.75 Å². The maximum atomic E-state index is 13.1. The summed E-state index contributed by atoms with van der Waals surface area (Å²) in [6.07, 6.45) is 4.06. The van der Waals surface area contributed by atoms with E-state index in [-0.39, 0.29) is 5.91 Å². The molecule has 0 unspecified atom stereocenters. The Hall–Kier alpha value is -2.60. The average Bonchev–Trinajstić information content (AvgIpc) is 2.73. The minimum atomic E-state index is -0.111. The molecule has 160 valence electrons. The van der Waals surface area contributed by atoms with Gasteiger partial charge in [0.1, 0.15) is 12.4 Å².